The number of nitrogens with zero attached hydrogens (tertiary/aromatic N) is 2. The van der Waals surface area contributed by atoms with Gasteiger partial charge in [0.2, 0.25) is 21.8 Å². The van der Waals surface area contributed by atoms with Crippen molar-refractivity contribution in [2.75, 3.05) is 17.1 Å². The summed E-state index contributed by atoms with van der Waals surface area (Å²) in [5.41, 5.74) is 2.72. The molecule has 0 aliphatic carbocycles. The van der Waals surface area contributed by atoms with E-state index in [0.717, 1.165) is 27.3 Å². The fraction of sp³-hybridized carbons (Fsp3) is 0.462. The second-order valence-electron chi connectivity index (χ2n) is 9.72. The van der Waals surface area contributed by atoms with Crippen molar-refractivity contribution in [3.8, 4) is 0 Å². The lowest BCUT2D eigenvalue weighted by molar-refractivity contribution is -0.141. The Hall–Kier alpha value is -2.87. The first-order valence-corrected chi connectivity index (χ1v) is 13.3. The smallest absolute Gasteiger partial charge is 0.244 e. The number of carbonyl (C=O) groups excluding carboxylic acids is 2. The van der Waals surface area contributed by atoms with E-state index in [1.165, 1.54) is 4.90 Å². The quantitative estimate of drug-likeness (QED) is 0.583. The average Bonchev–Trinajstić information content (AvgIpc) is 2.70. The molecule has 0 aliphatic heterocycles. The van der Waals surface area contributed by atoms with E-state index in [-0.39, 0.29) is 12.5 Å². The minimum absolute atomic E-state index is 0.201. The predicted octanol–water partition coefficient (Wildman–Crippen LogP) is 3.79. The van der Waals surface area contributed by atoms with Gasteiger partial charge in [0.05, 0.1) is 11.9 Å². The molecule has 34 heavy (non-hydrogen) atoms. The van der Waals surface area contributed by atoms with Crippen molar-refractivity contribution in [3.05, 3.63) is 65.2 Å². The highest BCUT2D eigenvalue weighted by Gasteiger charge is 2.33. The molecule has 186 valence electrons. The number of rotatable bonds is 9. The Morgan fingerprint density at radius 1 is 1.03 bits per heavy atom. The first kappa shape index (κ1) is 27.4. The van der Waals surface area contributed by atoms with Crippen molar-refractivity contribution >= 4 is 27.5 Å². The Bertz CT molecular complexity index is 1120. The van der Waals surface area contributed by atoms with Gasteiger partial charge in [0.25, 0.3) is 0 Å². The molecule has 0 bridgehead atoms. The summed E-state index contributed by atoms with van der Waals surface area (Å²) in [4.78, 5) is 28.4. The van der Waals surface area contributed by atoms with Gasteiger partial charge in [0.15, 0.2) is 0 Å². The van der Waals surface area contributed by atoms with Gasteiger partial charge in [-0.05, 0) is 69.9 Å². The van der Waals surface area contributed by atoms with Gasteiger partial charge in [0, 0.05) is 12.1 Å². The molecule has 2 aromatic carbocycles. The van der Waals surface area contributed by atoms with E-state index in [2.05, 4.69) is 5.32 Å². The van der Waals surface area contributed by atoms with Crippen LogP contribution in [0.4, 0.5) is 5.69 Å². The number of amides is 2. The zero-order valence-electron chi connectivity index (χ0n) is 21.3. The maximum absolute atomic E-state index is 13.7. The lowest BCUT2D eigenvalue weighted by Gasteiger charge is -2.34. The molecular formula is C26H37N3O4S. The number of sulfonamides is 1. The van der Waals surface area contributed by atoms with Gasteiger partial charge in [-0.1, -0.05) is 43.3 Å². The Balaban J connectivity index is 2.48. The summed E-state index contributed by atoms with van der Waals surface area (Å²) < 4.78 is 26.4. The van der Waals surface area contributed by atoms with E-state index in [9.17, 15) is 18.0 Å². The first-order chi connectivity index (χ1) is 15.7. The van der Waals surface area contributed by atoms with Crippen molar-refractivity contribution < 1.29 is 18.0 Å². The van der Waals surface area contributed by atoms with E-state index in [4.69, 9.17) is 0 Å². The van der Waals surface area contributed by atoms with Crippen LogP contribution in [-0.4, -0.2) is 49.5 Å². The molecule has 0 aliphatic rings. The molecule has 0 radical (unpaired) electrons. The monoisotopic (exact) mass is 487 g/mol. The zero-order valence-corrected chi connectivity index (χ0v) is 22.1. The van der Waals surface area contributed by atoms with Crippen LogP contribution in [0.15, 0.2) is 48.5 Å². The molecule has 1 atom stereocenters. The third-order valence-electron chi connectivity index (χ3n) is 5.45. The van der Waals surface area contributed by atoms with Crippen molar-refractivity contribution in [2.24, 2.45) is 0 Å². The van der Waals surface area contributed by atoms with Crippen LogP contribution >= 0.6 is 0 Å². The maximum atomic E-state index is 13.7. The SMILES string of the molecule is CC[C@@H](C(=O)NC(C)(C)C)N(Cc1ccccc1C)C(=O)CN(c1cccc(C)c1)S(C)(=O)=O. The van der Waals surface area contributed by atoms with Gasteiger partial charge in [-0.15, -0.1) is 0 Å². The summed E-state index contributed by atoms with van der Waals surface area (Å²) in [6.07, 6.45) is 1.47. The maximum Gasteiger partial charge on any atom is 0.244 e. The number of anilines is 1. The first-order valence-electron chi connectivity index (χ1n) is 11.4. The number of hydrogen-bond acceptors (Lipinski definition) is 4. The van der Waals surface area contributed by atoms with Crippen LogP contribution in [0, 0.1) is 13.8 Å². The van der Waals surface area contributed by atoms with E-state index < -0.39 is 34.1 Å². The number of benzene rings is 2. The lowest BCUT2D eigenvalue weighted by atomic mass is 10.0. The molecule has 2 rings (SSSR count). The van der Waals surface area contributed by atoms with Crippen LogP contribution in [0.1, 0.15) is 50.8 Å². The van der Waals surface area contributed by atoms with Gasteiger partial charge in [-0.25, -0.2) is 8.42 Å². The normalized spacial score (nSPS) is 12.7. The Kier molecular flexibility index (Phi) is 8.89. The zero-order chi connectivity index (χ0) is 25.7. The number of nitrogens with one attached hydrogen (secondary N) is 1. The van der Waals surface area contributed by atoms with E-state index in [0.29, 0.717) is 12.1 Å². The molecule has 0 saturated carbocycles. The summed E-state index contributed by atoms with van der Waals surface area (Å²) >= 11 is 0. The summed E-state index contributed by atoms with van der Waals surface area (Å²) in [7, 11) is -3.74. The van der Waals surface area contributed by atoms with Crippen molar-refractivity contribution in [3.63, 3.8) is 0 Å². The van der Waals surface area contributed by atoms with E-state index in [1.807, 2.05) is 71.9 Å². The van der Waals surface area contributed by atoms with Gasteiger partial charge >= 0.3 is 0 Å². The van der Waals surface area contributed by atoms with Gasteiger partial charge in [-0.3, -0.25) is 13.9 Å². The molecule has 8 heteroatoms. The Morgan fingerprint density at radius 2 is 1.68 bits per heavy atom. The summed E-state index contributed by atoms with van der Waals surface area (Å²) in [5, 5.41) is 2.96. The fourth-order valence-corrected chi connectivity index (χ4v) is 4.58. The summed E-state index contributed by atoms with van der Waals surface area (Å²) in [6.45, 7) is 11.1. The van der Waals surface area contributed by atoms with E-state index in [1.54, 1.807) is 18.2 Å². The van der Waals surface area contributed by atoms with Gasteiger partial charge < -0.3 is 10.2 Å². The number of carbonyl (C=O) groups is 2. The average molecular weight is 488 g/mol. The van der Waals surface area contributed by atoms with Crippen LogP contribution in [0.3, 0.4) is 0 Å². The molecule has 2 aromatic rings. The topological polar surface area (TPSA) is 86.8 Å². The predicted molar refractivity (Wildman–Crippen MR) is 137 cm³/mol. The van der Waals surface area contributed by atoms with Gasteiger partial charge in [0.1, 0.15) is 12.6 Å². The molecule has 0 fully saturated rings. The molecule has 1 N–H and O–H groups in total. The number of aryl methyl sites for hydroxylation is 2. The molecular weight excluding hydrogens is 450 g/mol. The molecule has 0 saturated heterocycles. The molecule has 0 unspecified atom stereocenters. The minimum Gasteiger partial charge on any atom is -0.350 e. The van der Waals surface area contributed by atoms with Crippen molar-refractivity contribution in [2.45, 2.75) is 66.1 Å². The largest absolute Gasteiger partial charge is 0.350 e. The minimum atomic E-state index is -3.74. The number of hydrogen-bond donors (Lipinski definition) is 1. The summed E-state index contributed by atoms with van der Waals surface area (Å²) in [6, 6.07) is 13.9. The molecule has 2 amide bonds. The molecule has 0 aromatic heterocycles. The van der Waals surface area contributed by atoms with Gasteiger partial charge in [-0.2, -0.15) is 0 Å². The van der Waals surface area contributed by atoms with Crippen LogP contribution in [0.25, 0.3) is 0 Å². The highest BCUT2D eigenvalue weighted by Crippen LogP contribution is 2.21. The molecule has 0 spiro atoms. The van der Waals surface area contributed by atoms with Crippen LogP contribution in [0.2, 0.25) is 0 Å². The molecule has 7 nitrogen and oxygen atoms in total. The second-order valence-corrected chi connectivity index (χ2v) is 11.6. The Labute approximate surface area is 204 Å². The van der Waals surface area contributed by atoms with Crippen LogP contribution in [-0.2, 0) is 26.2 Å². The third kappa shape index (κ3) is 7.58. The molecule has 0 heterocycles. The highest BCUT2D eigenvalue weighted by atomic mass is 32.2. The second kappa shape index (κ2) is 11.0. The van der Waals surface area contributed by atoms with Crippen molar-refractivity contribution in [1.29, 1.82) is 0 Å². The summed E-state index contributed by atoms with van der Waals surface area (Å²) in [5.74, 6) is -0.704. The fourth-order valence-electron chi connectivity index (χ4n) is 3.74. The van der Waals surface area contributed by atoms with E-state index >= 15 is 0 Å². The van der Waals surface area contributed by atoms with Crippen LogP contribution in [0.5, 0.6) is 0 Å². The highest BCUT2D eigenvalue weighted by molar-refractivity contribution is 7.92. The third-order valence-corrected chi connectivity index (χ3v) is 6.60. The standard InChI is InChI=1S/C26H37N3O4S/c1-8-23(25(31)27-26(4,5)6)28(17-21-14-10-9-13-20(21)3)24(30)18-29(34(7,32)33)22-15-11-12-19(2)16-22/h9-16,23H,8,17-18H2,1-7H3,(H,27,31)/t23-/m0/s1. The lowest BCUT2D eigenvalue weighted by Crippen LogP contribution is -2.55. The Morgan fingerprint density at radius 3 is 2.21 bits per heavy atom. The van der Waals surface area contributed by atoms with Crippen LogP contribution < -0.4 is 9.62 Å². The van der Waals surface area contributed by atoms with Crippen molar-refractivity contribution in [1.82, 2.24) is 10.2 Å².